The molecule has 2 aromatic rings. The van der Waals surface area contributed by atoms with Gasteiger partial charge in [-0.05, 0) is 47.2 Å². The van der Waals surface area contributed by atoms with Gasteiger partial charge in [-0.25, -0.2) is 14.4 Å². The molecule has 0 bridgehead atoms. The highest BCUT2D eigenvalue weighted by Crippen LogP contribution is 2.52. The molecule has 4 rings (SSSR count). The summed E-state index contributed by atoms with van der Waals surface area (Å²) in [5, 5.41) is 3.31. The molecule has 2 aromatic heterocycles. The number of aromatic nitrogens is 3. The molecule has 28 heavy (non-hydrogen) atoms. The minimum atomic E-state index is -0.492. The fraction of sp³-hybridized carbons (Fsp3) is 0.263. The summed E-state index contributed by atoms with van der Waals surface area (Å²) < 4.78 is 13.8. The lowest BCUT2D eigenvalue weighted by Crippen LogP contribution is -2.24. The molecule has 1 N–H and O–H groups in total. The normalized spacial score (nSPS) is 20.2. The Labute approximate surface area is 171 Å². The third-order valence-electron chi connectivity index (χ3n) is 4.83. The van der Waals surface area contributed by atoms with Crippen molar-refractivity contribution in [2.24, 2.45) is 11.8 Å². The van der Waals surface area contributed by atoms with Crippen LogP contribution in [0.3, 0.4) is 0 Å². The van der Waals surface area contributed by atoms with E-state index in [1.165, 1.54) is 11.6 Å². The zero-order valence-corrected chi connectivity index (χ0v) is 16.2. The van der Waals surface area contributed by atoms with E-state index >= 15 is 0 Å². The Balaban J connectivity index is 1.24. The minimum absolute atomic E-state index is 0.0251. The van der Waals surface area contributed by atoms with Crippen molar-refractivity contribution in [3.8, 4) is 0 Å². The number of anilines is 1. The molecular weight excluding hydrogens is 404 g/mol. The predicted molar refractivity (Wildman–Crippen MR) is 105 cm³/mol. The van der Waals surface area contributed by atoms with E-state index in [1.54, 1.807) is 29.3 Å². The first-order valence-corrected chi connectivity index (χ1v) is 9.50. The number of pyridine rings is 1. The van der Waals surface area contributed by atoms with Crippen LogP contribution in [0.4, 0.5) is 10.2 Å². The molecule has 2 atom stereocenters. The van der Waals surface area contributed by atoms with Crippen molar-refractivity contribution >= 4 is 41.0 Å². The number of carbonyl (C=O) groups is 1. The first-order valence-electron chi connectivity index (χ1n) is 8.75. The highest BCUT2D eigenvalue weighted by atomic mass is 35.5. The van der Waals surface area contributed by atoms with Gasteiger partial charge in [0.15, 0.2) is 11.6 Å². The molecule has 0 aromatic carbocycles. The average Bonchev–Trinajstić information content (AvgIpc) is 3.12. The fourth-order valence-electron chi connectivity index (χ4n) is 3.39. The summed E-state index contributed by atoms with van der Waals surface area (Å²) in [4.78, 5) is 25.2. The maximum Gasteiger partial charge on any atom is 0.244 e. The maximum atomic E-state index is 13.8. The number of nitrogens with one attached hydrogen (secondary N) is 1. The van der Waals surface area contributed by atoms with Crippen LogP contribution in [-0.4, -0.2) is 33.9 Å². The molecule has 0 saturated heterocycles. The van der Waals surface area contributed by atoms with Crippen molar-refractivity contribution in [3.63, 3.8) is 0 Å². The van der Waals surface area contributed by atoms with Gasteiger partial charge in [-0.2, -0.15) is 4.98 Å². The van der Waals surface area contributed by atoms with Gasteiger partial charge in [-0.15, -0.1) is 0 Å². The van der Waals surface area contributed by atoms with E-state index in [4.69, 9.17) is 23.2 Å². The third-order valence-corrected chi connectivity index (χ3v) is 5.24. The Morgan fingerprint density at radius 2 is 2.18 bits per heavy atom. The molecule has 144 valence electrons. The highest BCUT2D eigenvalue weighted by molar-refractivity contribution is 6.29. The van der Waals surface area contributed by atoms with Crippen molar-refractivity contribution in [2.45, 2.75) is 6.42 Å². The van der Waals surface area contributed by atoms with E-state index in [-0.39, 0.29) is 17.0 Å². The van der Waals surface area contributed by atoms with Gasteiger partial charge in [0.1, 0.15) is 5.15 Å². The molecule has 1 unspecified atom stereocenters. The number of halogens is 3. The predicted octanol–water partition coefficient (Wildman–Crippen LogP) is 3.49. The van der Waals surface area contributed by atoms with Crippen molar-refractivity contribution in [1.29, 1.82) is 0 Å². The molecule has 6 nitrogen and oxygen atoms in total. The third kappa shape index (κ3) is 4.15. The lowest BCUT2D eigenvalue weighted by atomic mass is 10.2. The second-order valence-corrected chi connectivity index (χ2v) is 7.36. The van der Waals surface area contributed by atoms with Gasteiger partial charge >= 0.3 is 0 Å². The topological polar surface area (TPSA) is 71.0 Å². The monoisotopic (exact) mass is 419 g/mol. The van der Waals surface area contributed by atoms with Gasteiger partial charge in [0, 0.05) is 37.5 Å². The molecule has 1 fully saturated rings. The minimum Gasteiger partial charge on any atom is -0.353 e. The van der Waals surface area contributed by atoms with Gasteiger partial charge in [-0.1, -0.05) is 17.7 Å². The van der Waals surface area contributed by atoms with E-state index in [9.17, 15) is 9.18 Å². The van der Waals surface area contributed by atoms with Crippen LogP contribution in [-0.2, 0) is 4.79 Å². The van der Waals surface area contributed by atoms with Crippen LogP contribution in [0.2, 0.25) is 10.4 Å². The molecular formula is C19H16Cl2FN5O. The molecule has 0 spiro atoms. The number of hydrogen-bond donors (Lipinski definition) is 1. The van der Waals surface area contributed by atoms with E-state index in [0.29, 0.717) is 30.1 Å². The van der Waals surface area contributed by atoms with E-state index in [1.807, 2.05) is 6.20 Å². The van der Waals surface area contributed by atoms with E-state index in [0.717, 1.165) is 18.2 Å². The highest BCUT2D eigenvalue weighted by Gasteiger charge is 2.48. The van der Waals surface area contributed by atoms with Gasteiger partial charge in [0.05, 0.1) is 6.20 Å². The summed E-state index contributed by atoms with van der Waals surface area (Å²) in [6.45, 7) is 1.25. The van der Waals surface area contributed by atoms with E-state index in [2.05, 4.69) is 20.3 Å². The summed E-state index contributed by atoms with van der Waals surface area (Å²) >= 11 is 11.5. The Bertz CT molecular complexity index is 963. The number of fused-ring (bicyclic) bond motifs is 1. The molecule has 0 radical (unpaired) electrons. The first-order chi connectivity index (χ1) is 13.5. The summed E-state index contributed by atoms with van der Waals surface area (Å²) in [6, 6.07) is 3.46. The summed E-state index contributed by atoms with van der Waals surface area (Å²) in [6.07, 6.45) is 8.61. The molecule has 9 heteroatoms. The van der Waals surface area contributed by atoms with Crippen molar-refractivity contribution in [2.75, 3.05) is 18.0 Å². The van der Waals surface area contributed by atoms with Crippen LogP contribution >= 0.6 is 23.2 Å². The quantitative estimate of drug-likeness (QED) is 0.440. The van der Waals surface area contributed by atoms with Crippen LogP contribution in [0, 0.1) is 17.7 Å². The Morgan fingerprint density at radius 3 is 2.89 bits per heavy atom. The molecule has 1 aliphatic carbocycles. The number of carbonyl (C=O) groups excluding carboxylic acids is 1. The largest absolute Gasteiger partial charge is 0.353 e. The number of hydrogen-bond acceptors (Lipinski definition) is 5. The van der Waals surface area contributed by atoms with Crippen LogP contribution in [0.1, 0.15) is 12.0 Å². The molecule has 1 aliphatic heterocycles. The Morgan fingerprint density at radius 1 is 1.32 bits per heavy atom. The van der Waals surface area contributed by atoms with Gasteiger partial charge < -0.3 is 10.2 Å². The molecule has 1 saturated carbocycles. The van der Waals surface area contributed by atoms with Crippen molar-refractivity contribution < 1.29 is 9.18 Å². The van der Waals surface area contributed by atoms with Gasteiger partial charge in [0.2, 0.25) is 11.2 Å². The van der Waals surface area contributed by atoms with Crippen LogP contribution < -0.4 is 10.2 Å². The number of nitrogens with zero attached hydrogens (tertiary/aromatic N) is 4. The summed E-state index contributed by atoms with van der Waals surface area (Å²) in [5.74, 6) is 0.346. The first kappa shape index (κ1) is 18.8. The smallest absolute Gasteiger partial charge is 0.244 e. The van der Waals surface area contributed by atoms with Gasteiger partial charge in [0.25, 0.3) is 0 Å². The second-order valence-electron chi connectivity index (χ2n) is 6.63. The number of rotatable bonds is 6. The zero-order valence-electron chi connectivity index (χ0n) is 14.6. The molecule has 3 heterocycles. The zero-order chi connectivity index (χ0) is 19.7. The van der Waals surface area contributed by atoms with Gasteiger partial charge in [-0.3, -0.25) is 4.79 Å². The van der Waals surface area contributed by atoms with Crippen LogP contribution in [0.15, 0.2) is 42.4 Å². The van der Waals surface area contributed by atoms with Crippen LogP contribution in [0.5, 0.6) is 0 Å². The van der Waals surface area contributed by atoms with E-state index < -0.39 is 5.82 Å². The fourth-order valence-corrected chi connectivity index (χ4v) is 3.63. The summed E-state index contributed by atoms with van der Waals surface area (Å²) in [5.41, 5.74) is 2.06. The second kappa shape index (κ2) is 7.85. The Hall–Kier alpha value is -2.51. The standard InChI is InChI=1S/C19H16Cl2FN5O/c20-16-3-1-11(7-24-16)2-4-17(28)23-6-5-12-13-9-27(10-14(12)13)18-15(22)8-25-19(21)26-18/h1-4,7-9,12,14H,5-6,10H2,(H,23,28)/b4-2+/t12-,14?/m0/s1. The maximum absolute atomic E-state index is 13.8. The number of amides is 1. The summed E-state index contributed by atoms with van der Waals surface area (Å²) in [7, 11) is 0. The van der Waals surface area contributed by atoms with Crippen molar-refractivity contribution in [1.82, 2.24) is 20.3 Å². The lowest BCUT2D eigenvalue weighted by Gasteiger charge is -2.17. The van der Waals surface area contributed by atoms with Crippen LogP contribution in [0.25, 0.3) is 6.08 Å². The average molecular weight is 420 g/mol. The Kier molecular flexibility index (Phi) is 5.28. The SMILES string of the molecule is O=C(/C=C/c1ccc(Cl)nc1)NCC[C@H]1C2=CN(c3nc(Cl)ncc3F)CC21. The van der Waals surface area contributed by atoms with Crippen molar-refractivity contribution in [3.05, 3.63) is 64.2 Å². The molecule has 1 amide bonds. The lowest BCUT2D eigenvalue weighted by molar-refractivity contribution is -0.116. The molecule has 2 aliphatic rings.